The van der Waals surface area contributed by atoms with E-state index in [4.69, 9.17) is 9.47 Å². The van der Waals surface area contributed by atoms with Crippen molar-refractivity contribution in [3.63, 3.8) is 0 Å². The first kappa shape index (κ1) is 23.3. The molecule has 0 N–H and O–H groups in total. The Morgan fingerprint density at radius 2 is 1.76 bits per heavy atom. The lowest BCUT2D eigenvalue weighted by Crippen LogP contribution is -2.27. The molecule has 0 atom stereocenters. The first-order chi connectivity index (χ1) is 16.0. The second kappa shape index (κ2) is 10.9. The summed E-state index contributed by atoms with van der Waals surface area (Å²) in [6.45, 7) is 2.18. The van der Waals surface area contributed by atoms with Crippen molar-refractivity contribution < 1.29 is 27.4 Å². The van der Waals surface area contributed by atoms with Crippen LogP contribution in [-0.4, -0.2) is 19.8 Å². The number of hydrogen-bond donors (Lipinski definition) is 0. The van der Waals surface area contributed by atoms with E-state index in [0.29, 0.717) is 42.9 Å². The normalized spacial score (nSPS) is 18.5. The van der Waals surface area contributed by atoms with Crippen molar-refractivity contribution in [1.82, 2.24) is 0 Å². The van der Waals surface area contributed by atoms with Gasteiger partial charge in [-0.15, -0.1) is 6.58 Å². The Kier molecular flexibility index (Phi) is 7.68. The van der Waals surface area contributed by atoms with Crippen molar-refractivity contribution in [2.45, 2.75) is 38.6 Å². The molecule has 1 aliphatic heterocycles. The Bertz CT molecular complexity index is 1070. The molecule has 174 valence electrons. The summed E-state index contributed by atoms with van der Waals surface area (Å²) in [5.74, 6) is 0.235. The summed E-state index contributed by atoms with van der Waals surface area (Å²) in [4.78, 5) is 0. The van der Waals surface area contributed by atoms with Crippen LogP contribution in [0.4, 0.5) is 13.2 Å². The van der Waals surface area contributed by atoms with Gasteiger partial charge in [0.1, 0.15) is 11.6 Å². The van der Waals surface area contributed by atoms with Gasteiger partial charge in [-0.25, -0.2) is 4.39 Å². The maximum absolute atomic E-state index is 15.1. The highest BCUT2D eigenvalue weighted by Gasteiger charge is 2.23. The average Bonchev–Trinajstić information content (AvgIpc) is 2.83. The first-order valence-corrected chi connectivity index (χ1v) is 11.1. The van der Waals surface area contributed by atoms with E-state index in [9.17, 15) is 8.78 Å². The molecule has 6 heteroatoms. The third kappa shape index (κ3) is 5.95. The summed E-state index contributed by atoms with van der Waals surface area (Å²) in [6.07, 6.45) is 4.49. The Hall–Kier alpha value is -2.83. The van der Waals surface area contributed by atoms with Crippen molar-refractivity contribution in [3.8, 4) is 5.75 Å². The summed E-state index contributed by atoms with van der Waals surface area (Å²) in [5.41, 5.74) is 2.41. The standard InChI is InChI=1S/C27H27F3O3/c1-2-3-4-19-16-31-26(32-17-19)22-11-14-24-21(15-22)10-9-20(25(24)28)8-5-18-6-12-23(13-7-18)33-27(29)30/h2,6-7,9-15,19,26-27H,1,3-5,8,16-17H2. The van der Waals surface area contributed by atoms with Crippen LogP contribution in [-0.2, 0) is 22.3 Å². The molecule has 0 bridgehead atoms. The zero-order chi connectivity index (χ0) is 23.2. The number of ether oxygens (including phenoxy) is 3. The Labute approximate surface area is 191 Å². The van der Waals surface area contributed by atoms with E-state index in [-0.39, 0.29) is 11.6 Å². The van der Waals surface area contributed by atoms with Crippen molar-refractivity contribution in [2.75, 3.05) is 13.2 Å². The second-order valence-corrected chi connectivity index (χ2v) is 8.27. The predicted molar refractivity (Wildman–Crippen MR) is 122 cm³/mol. The van der Waals surface area contributed by atoms with Crippen LogP contribution in [0.1, 0.15) is 35.8 Å². The maximum atomic E-state index is 15.1. The molecule has 3 aromatic carbocycles. The first-order valence-electron chi connectivity index (χ1n) is 11.1. The smallest absolute Gasteiger partial charge is 0.387 e. The summed E-state index contributed by atoms with van der Waals surface area (Å²) in [6, 6.07) is 15.7. The molecule has 0 radical (unpaired) electrons. The number of benzene rings is 3. The molecule has 0 aromatic heterocycles. The maximum Gasteiger partial charge on any atom is 0.387 e. The molecule has 1 heterocycles. The SMILES string of the molecule is C=CCCC1COC(c2ccc3c(F)c(CCc4ccc(OC(F)F)cc4)ccc3c2)OC1. The predicted octanol–water partition coefficient (Wildman–Crippen LogP) is 6.99. The lowest BCUT2D eigenvalue weighted by atomic mass is 9.98. The van der Waals surface area contributed by atoms with Gasteiger partial charge in [-0.1, -0.05) is 42.5 Å². The van der Waals surface area contributed by atoms with Gasteiger partial charge in [-0.2, -0.15) is 8.78 Å². The largest absolute Gasteiger partial charge is 0.435 e. The minimum Gasteiger partial charge on any atom is -0.435 e. The third-order valence-corrected chi connectivity index (χ3v) is 5.91. The Morgan fingerprint density at radius 3 is 2.45 bits per heavy atom. The molecule has 0 spiro atoms. The van der Waals surface area contributed by atoms with E-state index in [0.717, 1.165) is 29.4 Å². The lowest BCUT2D eigenvalue weighted by Gasteiger charge is -2.29. The molecule has 33 heavy (non-hydrogen) atoms. The van der Waals surface area contributed by atoms with Crippen LogP contribution in [0.3, 0.4) is 0 Å². The van der Waals surface area contributed by atoms with Crippen LogP contribution >= 0.6 is 0 Å². The van der Waals surface area contributed by atoms with Gasteiger partial charge in [0.05, 0.1) is 13.2 Å². The highest BCUT2D eigenvalue weighted by Crippen LogP contribution is 2.31. The zero-order valence-electron chi connectivity index (χ0n) is 18.3. The van der Waals surface area contributed by atoms with Crippen LogP contribution in [0.15, 0.2) is 67.3 Å². The highest BCUT2D eigenvalue weighted by atomic mass is 19.3. The number of allylic oxidation sites excluding steroid dienone is 1. The fraction of sp³-hybridized carbons (Fsp3) is 0.333. The van der Waals surface area contributed by atoms with E-state index in [1.165, 1.54) is 12.1 Å². The van der Waals surface area contributed by atoms with Crippen molar-refractivity contribution in [2.24, 2.45) is 5.92 Å². The molecule has 4 rings (SSSR count). The number of rotatable bonds is 9. The average molecular weight is 457 g/mol. The third-order valence-electron chi connectivity index (χ3n) is 5.91. The number of halogens is 3. The Morgan fingerprint density at radius 1 is 1.00 bits per heavy atom. The van der Waals surface area contributed by atoms with Crippen molar-refractivity contribution in [1.29, 1.82) is 0 Å². The number of hydrogen-bond acceptors (Lipinski definition) is 3. The summed E-state index contributed by atoms with van der Waals surface area (Å²) >= 11 is 0. The molecule has 0 saturated carbocycles. The van der Waals surface area contributed by atoms with Gasteiger partial charge in [-0.3, -0.25) is 0 Å². The number of aryl methyl sites for hydroxylation is 2. The van der Waals surface area contributed by atoms with Crippen LogP contribution in [0.5, 0.6) is 5.75 Å². The topological polar surface area (TPSA) is 27.7 Å². The summed E-state index contributed by atoms with van der Waals surface area (Å²) < 4.78 is 55.8. The van der Waals surface area contributed by atoms with Crippen LogP contribution in [0.25, 0.3) is 10.8 Å². The fourth-order valence-electron chi connectivity index (χ4n) is 4.07. The zero-order valence-corrected chi connectivity index (χ0v) is 18.3. The van der Waals surface area contributed by atoms with E-state index >= 15 is 4.39 Å². The van der Waals surface area contributed by atoms with Crippen LogP contribution in [0.2, 0.25) is 0 Å². The minimum atomic E-state index is -2.85. The fourth-order valence-corrected chi connectivity index (χ4v) is 4.07. The molecule has 3 aromatic rings. The molecular formula is C27H27F3O3. The molecule has 3 nitrogen and oxygen atoms in total. The number of alkyl halides is 2. The molecule has 0 amide bonds. The van der Waals surface area contributed by atoms with Crippen LogP contribution < -0.4 is 4.74 Å². The van der Waals surface area contributed by atoms with Gasteiger partial charge in [0.25, 0.3) is 0 Å². The van der Waals surface area contributed by atoms with E-state index in [2.05, 4.69) is 11.3 Å². The monoisotopic (exact) mass is 456 g/mol. The minimum absolute atomic E-state index is 0.111. The van der Waals surface area contributed by atoms with Gasteiger partial charge in [-0.05, 0) is 60.4 Å². The van der Waals surface area contributed by atoms with Crippen molar-refractivity contribution in [3.05, 3.63) is 89.8 Å². The molecule has 1 fully saturated rings. The van der Waals surface area contributed by atoms with Crippen LogP contribution in [0, 0.1) is 11.7 Å². The molecule has 0 unspecified atom stereocenters. The molecule has 1 saturated heterocycles. The van der Waals surface area contributed by atoms with Gasteiger partial charge < -0.3 is 14.2 Å². The van der Waals surface area contributed by atoms with E-state index < -0.39 is 12.9 Å². The molecule has 1 aliphatic rings. The van der Waals surface area contributed by atoms with E-state index in [1.54, 1.807) is 24.3 Å². The quantitative estimate of drug-likeness (QED) is 0.325. The highest BCUT2D eigenvalue weighted by molar-refractivity contribution is 5.84. The summed E-state index contributed by atoms with van der Waals surface area (Å²) in [5, 5.41) is 1.35. The molecule has 0 aliphatic carbocycles. The Balaban J connectivity index is 1.40. The van der Waals surface area contributed by atoms with Gasteiger partial charge >= 0.3 is 6.61 Å². The molecular weight excluding hydrogens is 429 g/mol. The van der Waals surface area contributed by atoms with E-state index in [1.807, 2.05) is 24.3 Å². The second-order valence-electron chi connectivity index (χ2n) is 8.27. The van der Waals surface area contributed by atoms with Gasteiger partial charge in [0, 0.05) is 16.9 Å². The number of fused-ring (bicyclic) bond motifs is 1. The lowest BCUT2D eigenvalue weighted by molar-refractivity contribution is -0.205. The van der Waals surface area contributed by atoms with Crippen molar-refractivity contribution >= 4 is 10.8 Å². The summed E-state index contributed by atoms with van der Waals surface area (Å²) in [7, 11) is 0. The van der Waals surface area contributed by atoms with Gasteiger partial charge in [0.2, 0.25) is 0 Å². The van der Waals surface area contributed by atoms with Gasteiger partial charge in [0.15, 0.2) is 6.29 Å².